The Kier molecular flexibility index (Phi) is 3.98. The first kappa shape index (κ1) is 11.6. The summed E-state index contributed by atoms with van der Waals surface area (Å²) in [7, 11) is 0. The van der Waals surface area contributed by atoms with E-state index in [1.165, 1.54) is 6.07 Å². The van der Waals surface area contributed by atoms with E-state index in [-0.39, 0.29) is 5.69 Å². The van der Waals surface area contributed by atoms with Crippen molar-refractivity contribution in [1.29, 1.82) is 0 Å². The Morgan fingerprint density at radius 1 is 1.36 bits per heavy atom. The summed E-state index contributed by atoms with van der Waals surface area (Å²) in [5, 5.41) is 0. The quantitative estimate of drug-likeness (QED) is 0.804. The van der Waals surface area contributed by atoms with Crippen LogP contribution in [0.15, 0.2) is 16.6 Å². The van der Waals surface area contributed by atoms with Crippen LogP contribution in [0.1, 0.15) is 31.7 Å². The highest BCUT2D eigenvalue weighted by Crippen LogP contribution is 2.22. The van der Waals surface area contributed by atoms with Crippen molar-refractivity contribution in [1.82, 2.24) is 4.98 Å². The molecular weight excluding hydrogens is 252 g/mol. The van der Waals surface area contributed by atoms with E-state index < -0.39 is 6.43 Å². The summed E-state index contributed by atoms with van der Waals surface area (Å²) in [6, 6.07) is 3.14. The lowest BCUT2D eigenvalue weighted by atomic mass is 10.1. The molecule has 0 fully saturated rings. The Bertz CT molecular complexity index is 313. The highest BCUT2D eigenvalue weighted by atomic mass is 79.9. The molecule has 0 aromatic carbocycles. The van der Waals surface area contributed by atoms with Crippen molar-refractivity contribution in [3.05, 3.63) is 28.0 Å². The van der Waals surface area contributed by atoms with Gasteiger partial charge in [0, 0.05) is 10.2 Å². The van der Waals surface area contributed by atoms with Gasteiger partial charge in [0.2, 0.25) is 0 Å². The summed E-state index contributed by atoms with van der Waals surface area (Å²) in [5.74, 6) is 0.419. The first-order chi connectivity index (χ1) is 6.49. The van der Waals surface area contributed by atoms with Gasteiger partial charge in [-0.25, -0.2) is 8.78 Å². The normalized spacial score (nSPS) is 11.4. The second kappa shape index (κ2) is 4.82. The van der Waals surface area contributed by atoms with Gasteiger partial charge in [-0.15, -0.1) is 0 Å². The van der Waals surface area contributed by atoms with E-state index in [9.17, 15) is 8.78 Å². The molecule has 1 heterocycles. The second-order valence-electron chi connectivity index (χ2n) is 3.60. The molecular formula is C10H12BrF2N. The monoisotopic (exact) mass is 263 g/mol. The topological polar surface area (TPSA) is 12.9 Å². The molecule has 0 N–H and O–H groups in total. The van der Waals surface area contributed by atoms with Crippen molar-refractivity contribution in [2.24, 2.45) is 5.92 Å². The molecule has 1 aromatic heterocycles. The van der Waals surface area contributed by atoms with E-state index in [2.05, 4.69) is 20.9 Å². The lowest BCUT2D eigenvalue weighted by molar-refractivity contribution is 0.145. The van der Waals surface area contributed by atoms with Crippen LogP contribution in [0.4, 0.5) is 8.78 Å². The molecule has 0 bridgehead atoms. The molecule has 0 spiro atoms. The van der Waals surface area contributed by atoms with Gasteiger partial charge in [0.05, 0.1) is 0 Å². The number of nitrogens with zero attached hydrogens (tertiary/aromatic N) is 1. The number of hydrogen-bond donors (Lipinski definition) is 0. The smallest absolute Gasteiger partial charge is 0.252 e. The highest BCUT2D eigenvalue weighted by molar-refractivity contribution is 9.10. The Morgan fingerprint density at radius 3 is 2.50 bits per heavy atom. The van der Waals surface area contributed by atoms with E-state index >= 15 is 0 Å². The summed E-state index contributed by atoms with van der Waals surface area (Å²) in [6.07, 6.45) is -1.78. The zero-order valence-electron chi connectivity index (χ0n) is 8.10. The van der Waals surface area contributed by atoms with Crippen LogP contribution >= 0.6 is 15.9 Å². The van der Waals surface area contributed by atoms with Gasteiger partial charge in [0.1, 0.15) is 5.69 Å². The molecule has 0 radical (unpaired) electrons. The summed E-state index contributed by atoms with van der Waals surface area (Å²) in [5.41, 5.74) is 0.555. The maximum absolute atomic E-state index is 12.4. The minimum atomic E-state index is -2.50. The number of hydrogen-bond acceptors (Lipinski definition) is 1. The molecule has 0 amide bonds. The van der Waals surface area contributed by atoms with Gasteiger partial charge >= 0.3 is 0 Å². The molecule has 1 rings (SSSR count). The third kappa shape index (κ3) is 3.33. The predicted octanol–water partition coefficient (Wildman–Crippen LogP) is 3.98. The fourth-order valence-electron chi connectivity index (χ4n) is 1.21. The average molecular weight is 264 g/mol. The van der Waals surface area contributed by atoms with Crippen molar-refractivity contribution in [2.45, 2.75) is 26.7 Å². The number of pyridine rings is 1. The van der Waals surface area contributed by atoms with Crippen LogP contribution in [0.25, 0.3) is 0 Å². The van der Waals surface area contributed by atoms with Crippen LogP contribution in [0.2, 0.25) is 0 Å². The maximum atomic E-state index is 12.4. The third-order valence-electron chi connectivity index (χ3n) is 1.70. The molecule has 0 saturated heterocycles. The summed E-state index contributed by atoms with van der Waals surface area (Å²) in [4.78, 5) is 3.89. The van der Waals surface area contributed by atoms with Crippen LogP contribution in [0, 0.1) is 5.92 Å². The summed E-state index contributed by atoms with van der Waals surface area (Å²) >= 11 is 3.20. The first-order valence-electron chi connectivity index (χ1n) is 4.43. The zero-order chi connectivity index (χ0) is 10.7. The van der Waals surface area contributed by atoms with Crippen LogP contribution in [0.3, 0.4) is 0 Å². The largest absolute Gasteiger partial charge is 0.280 e. The second-order valence-corrected chi connectivity index (χ2v) is 4.52. The van der Waals surface area contributed by atoms with Crippen molar-refractivity contribution in [2.75, 3.05) is 0 Å². The highest BCUT2D eigenvalue weighted by Gasteiger charge is 2.11. The first-order valence-corrected chi connectivity index (χ1v) is 5.23. The Labute approximate surface area is 90.7 Å². The van der Waals surface area contributed by atoms with Gasteiger partial charge < -0.3 is 0 Å². The number of rotatable bonds is 3. The number of alkyl halides is 2. The lowest BCUT2D eigenvalue weighted by Crippen LogP contribution is -2.00. The van der Waals surface area contributed by atoms with Crippen molar-refractivity contribution in [3.63, 3.8) is 0 Å². The Morgan fingerprint density at radius 2 is 2.00 bits per heavy atom. The fourth-order valence-corrected chi connectivity index (χ4v) is 1.71. The minimum Gasteiger partial charge on any atom is -0.252 e. The van der Waals surface area contributed by atoms with Gasteiger partial charge in [0.15, 0.2) is 0 Å². The van der Waals surface area contributed by atoms with Crippen molar-refractivity contribution in [3.8, 4) is 0 Å². The molecule has 0 saturated carbocycles. The molecule has 1 nitrogen and oxygen atoms in total. The third-order valence-corrected chi connectivity index (χ3v) is 2.16. The Balaban J connectivity index is 2.95. The van der Waals surface area contributed by atoms with Gasteiger partial charge in [-0.1, -0.05) is 29.8 Å². The fraction of sp³-hybridized carbons (Fsp3) is 0.500. The molecule has 1 aromatic rings. The van der Waals surface area contributed by atoms with Crippen molar-refractivity contribution >= 4 is 15.9 Å². The Hall–Kier alpha value is -0.510. The maximum Gasteiger partial charge on any atom is 0.280 e. The molecule has 0 unspecified atom stereocenters. The predicted molar refractivity (Wildman–Crippen MR) is 55.4 cm³/mol. The molecule has 4 heteroatoms. The molecule has 78 valence electrons. The molecule has 0 aliphatic carbocycles. The van der Waals surface area contributed by atoms with Gasteiger partial charge in [-0.3, -0.25) is 4.98 Å². The van der Waals surface area contributed by atoms with Gasteiger partial charge in [0.25, 0.3) is 6.43 Å². The zero-order valence-corrected chi connectivity index (χ0v) is 9.68. The molecule has 0 aliphatic rings. The van der Waals surface area contributed by atoms with Crippen molar-refractivity contribution < 1.29 is 8.78 Å². The summed E-state index contributed by atoms with van der Waals surface area (Å²) in [6.45, 7) is 4.06. The van der Waals surface area contributed by atoms with Crippen LogP contribution in [-0.4, -0.2) is 4.98 Å². The minimum absolute atomic E-state index is 0.157. The van der Waals surface area contributed by atoms with Gasteiger partial charge in [-0.05, 0) is 24.5 Å². The number of halogens is 3. The molecule has 0 aliphatic heterocycles. The van der Waals surface area contributed by atoms with E-state index in [0.29, 0.717) is 16.1 Å². The summed E-state index contributed by atoms with van der Waals surface area (Å²) < 4.78 is 25.4. The van der Waals surface area contributed by atoms with E-state index in [1.54, 1.807) is 6.07 Å². The molecule has 0 atom stereocenters. The van der Waals surface area contributed by atoms with E-state index in [1.807, 2.05) is 13.8 Å². The standard InChI is InChI=1S/C10H12BrF2N/c1-6(2)3-8-4-7(11)5-9(14-8)10(12)13/h4-6,10H,3H2,1-2H3. The van der Waals surface area contributed by atoms with Crippen LogP contribution in [-0.2, 0) is 6.42 Å². The van der Waals surface area contributed by atoms with Crippen LogP contribution in [0.5, 0.6) is 0 Å². The van der Waals surface area contributed by atoms with Gasteiger partial charge in [-0.2, -0.15) is 0 Å². The SMILES string of the molecule is CC(C)Cc1cc(Br)cc(C(F)F)n1. The number of aromatic nitrogens is 1. The van der Waals surface area contributed by atoms with E-state index in [0.717, 1.165) is 6.42 Å². The molecule has 14 heavy (non-hydrogen) atoms. The van der Waals surface area contributed by atoms with Crippen LogP contribution < -0.4 is 0 Å². The van der Waals surface area contributed by atoms with E-state index in [4.69, 9.17) is 0 Å². The average Bonchev–Trinajstić information content (AvgIpc) is 2.01. The lowest BCUT2D eigenvalue weighted by Gasteiger charge is -2.07.